The molecule has 4 N–H and O–H groups in total. The average Bonchev–Trinajstić information content (AvgIpc) is 2.89. The average molecular weight is 390 g/mol. The van der Waals surface area contributed by atoms with Crippen molar-refractivity contribution in [3.8, 4) is 11.8 Å². The summed E-state index contributed by atoms with van der Waals surface area (Å²) in [4.78, 5) is 32.1. The zero-order chi connectivity index (χ0) is 20.3. The molecule has 0 aliphatic heterocycles. The van der Waals surface area contributed by atoms with Gasteiger partial charge in [0, 0.05) is 6.07 Å². The van der Waals surface area contributed by atoms with Crippen molar-refractivity contribution in [2.45, 2.75) is 6.92 Å². The molecule has 0 bridgehead atoms. The van der Waals surface area contributed by atoms with E-state index in [2.05, 4.69) is 10.5 Å². The predicted octanol–water partition coefficient (Wildman–Crippen LogP) is 1.80. The zero-order valence-corrected chi connectivity index (χ0v) is 14.3. The molecule has 0 unspecified atom stereocenters. The van der Waals surface area contributed by atoms with Crippen LogP contribution in [-0.4, -0.2) is 27.1 Å². The van der Waals surface area contributed by atoms with Crippen LogP contribution in [0.1, 0.15) is 26.4 Å². The van der Waals surface area contributed by atoms with Crippen molar-refractivity contribution in [3.05, 3.63) is 53.9 Å². The summed E-state index contributed by atoms with van der Waals surface area (Å²) in [5, 5.41) is 44.3. The minimum atomic E-state index is -0.987. The molecule has 0 radical (unpaired) electrons. The van der Waals surface area contributed by atoms with Gasteiger partial charge >= 0.3 is 5.69 Å². The third kappa shape index (κ3) is 3.80. The quantitative estimate of drug-likeness (QED) is 0.390. The maximum Gasteiger partial charge on any atom is 0.318 e. The molecule has 1 heterocycles. The zero-order valence-electron chi connectivity index (χ0n) is 13.5. The molecule has 1 amide bonds. The molecule has 0 saturated heterocycles. The molecule has 1 aromatic heterocycles. The van der Waals surface area contributed by atoms with E-state index >= 15 is 0 Å². The van der Waals surface area contributed by atoms with Crippen molar-refractivity contribution in [1.82, 2.24) is 5.43 Å². The van der Waals surface area contributed by atoms with E-state index in [9.17, 15) is 30.1 Å². The highest BCUT2D eigenvalue weighted by Gasteiger charge is 2.23. The molecule has 138 valence electrons. The first-order chi connectivity index (χ1) is 12.7. The lowest BCUT2D eigenvalue weighted by Gasteiger charge is -2.01. The van der Waals surface area contributed by atoms with Gasteiger partial charge in [0.15, 0.2) is 0 Å². The fourth-order valence-electron chi connectivity index (χ4n) is 2.07. The molecule has 2 aromatic rings. The number of thiophene rings is 1. The molecule has 1 aromatic carbocycles. The summed E-state index contributed by atoms with van der Waals surface area (Å²) < 4.78 is 0. The number of nitriles is 1. The maximum absolute atomic E-state index is 12.1. The van der Waals surface area contributed by atoms with E-state index in [-0.39, 0.29) is 21.0 Å². The number of nitro benzene ring substituents is 2. The van der Waals surface area contributed by atoms with Gasteiger partial charge in [0.2, 0.25) is 5.75 Å². The third-order valence-electron chi connectivity index (χ3n) is 3.37. The molecule has 0 aliphatic carbocycles. The Bertz CT molecular complexity index is 1040. The van der Waals surface area contributed by atoms with E-state index in [1.807, 2.05) is 6.07 Å². The summed E-state index contributed by atoms with van der Waals surface area (Å²) >= 11 is 0.877. The summed E-state index contributed by atoms with van der Waals surface area (Å²) in [6.07, 6.45) is 0.824. The number of anilines is 1. The van der Waals surface area contributed by atoms with Crippen LogP contribution in [0.3, 0.4) is 0 Å². The first-order valence-electron chi connectivity index (χ1n) is 6.95. The van der Waals surface area contributed by atoms with Crippen LogP contribution in [-0.2, 0) is 0 Å². The molecule has 0 spiro atoms. The van der Waals surface area contributed by atoms with E-state index in [4.69, 9.17) is 11.0 Å². The Hall–Kier alpha value is -4.05. The first-order valence-corrected chi connectivity index (χ1v) is 7.77. The molecular formula is C14H10N6O6S. The predicted molar refractivity (Wildman–Crippen MR) is 94.7 cm³/mol. The van der Waals surface area contributed by atoms with E-state index in [1.54, 1.807) is 0 Å². The van der Waals surface area contributed by atoms with Gasteiger partial charge in [0.25, 0.3) is 11.6 Å². The van der Waals surface area contributed by atoms with Crippen molar-refractivity contribution in [2.24, 2.45) is 5.10 Å². The van der Waals surface area contributed by atoms with Crippen LogP contribution in [0.4, 0.5) is 16.4 Å². The molecule has 0 fully saturated rings. The molecule has 2 rings (SSSR count). The number of hydrogen-bond acceptors (Lipinski definition) is 10. The van der Waals surface area contributed by atoms with Crippen LogP contribution in [0.25, 0.3) is 0 Å². The first kappa shape index (κ1) is 19.3. The summed E-state index contributed by atoms with van der Waals surface area (Å²) in [5.74, 6) is -1.55. The Labute approximate surface area is 154 Å². The molecule has 13 heteroatoms. The van der Waals surface area contributed by atoms with Crippen molar-refractivity contribution in [3.63, 3.8) is 0 Å². The largest absolute Gasteiger partial charge is 0.502 e. The molecule has 0 aliphatic rings. The van der Waals surface area contributed by atoms with Crippen molar-refractivity contribution < 1.29 is 19.7 Å². The number of carbonyl (C=O) groups is 1. The molecule has 12 nitrogen and oxygen atoms in total. The van der Waals surface area contributed by atoms with Crippen LogP contribution in [0.2, 0.25) is 0 Å². The summed E-state index contributed by atoms with van der Waals surface area (Å²) in [7, 11) is 0. The fraction of sp³-hybridized carbons (Fsp3) is 0.0714. The van der Waals surface area contributed by atoms with E-state index in [0.717, 1.165) is 23.6 Å². The number of benzene rings is 1. The van der Waals surface area contributed by atoms with E-state index in [1.165, 1.54) is 6.92 Å². The Kier molecular flexibility index (Phi) is 5.32. The van der Waals surface area contributed by atoms with Crippen LogP contribution in [0, 0.1) is 38.5 Å². The summed E-state index contributed by atoms with van der Waals surface area (Å²) in [6.45, 7) is 1.53. The normalized spacial score (nSPS) is 10.5. The number of nitrogens with one attached hydrogen (secondary N) is 1. The van der Waals surface area contributed by atoms with Gasteiger partial charge in [0.05, 0.1) is 33.3 Å². The number of rotatable bonds is 5. The lowest BCUT2D eigenvalue weighted by atomic mass is 10.1. The Morgan fingerprint density at radius 1 is 1.41 bits per heavy atom. The number of aromatic hydroxyl groups is 1. The second-order valence-corrected chi connectivity index (χ2v) is 6.08. The Balaban J connectivity index is 2.31. The highest BCUT2D eigenvalue weighted by Crippen LogP contribution is 2.33. The topological polar surface area (TPSA) is 198 Å². The minimum Gasteiger partial charge on any atom is -0.502 e. The fourth-order valence-corrected chi connectivity index (χ4v) is 2.99. The number of non-ortho nitro benzene ring substituents is 1. The number of nitrogens with two attached hydrogens (primary N) is 1. The van der Waals surface area contributed by atoms with E-state index < -0.39 is 32.9 Å². The number of hydrogen-bond donors (Lipinski definition) is 3. The number of nitro groups is 2. The number of amides is 1. The van der Waals surface area contributed by atoms with Crippen molar-refractivity contribution in [1.29, 1.82) is 5.26 Å². The van der Waals surface area contributed by atoms with Crippen molar-refractivity contribution >= 4 is 39.8 Å². The van der Waals surface area contributed by atoms with Crippen LogP contribution < -0.4 is 11.2 Å². The third-order valence-corrected chi connectivity index (χ3v) is 4.49. The molecule has 27 heavy (non-hydrogen) atoms. The number of phenols is 1. The Morgan fingerprint density at radius 2 is 2.07 bits per heavy atom. The number of phenolic OH excluding ortho intramolecular Hbond substituents is 1. The Morgan fingerprint density at radius 3 is 2.59 bits per heavy atom. The number of nitrogens with zero attached hydrogens (tertiary/aromatic N) is 4. The number of nitrogen functional groups attached to an aromatic ring is 1. The van der Waals surface area contributed by atoms with Gasteiger partial charge in [-0.15, -0.1) is 11.3 Å². The van der Waals surface area contributed by atoms with Crippen LogP contribution in [0.5, 0.6) is 5.75 Å². The van der Waals surface area contributed by atoms with E-state index in [0.29, 0.717) is 11.6 Å². The monoisotopic (exact) mass is 390 g/mol. The summed E-state index contributed by atoms with van der Waals surface area (Å²) in [5.41, 5.74) is 6.42. The number of carbonyl (C=O) groups excluding carboxylic acids is 1. The standard InChI is InChI=1S/C14H10N6O6S/c1-6-9(4-15)13(16)27-12(6)14(22)18-17-5-7-2-8(19(23)24)3-10(11(7)21)20(25)26/h2-3,5,21H,16H2,1H3,(H,18,22). The molecular weight excluding hydrogens is 380 g/mol. The lowest BCUT2D eigenvalue weighted by Crippen LogP contribution is -2.17. The smallest absolute Gasteiger partial charge is 0.318 e. The summed E-state index contributed by atoms with van der Waals surface area (Å²) in [6, 6.07) is 3.33. The van der Waals surface area contributed by atoms with Crippen LogP contribution in [0.15, 0.2) is 17.2 Å². The second kappa shape index (κ2) is 7.45. The second-order valence-electron chi connectivity index (χ2n) is 5.02. The molecule has 0 atom stereocenters. The maximum atomic E-state index is 12.1. The van der Waals surface area contributed by atoms with Gasteiger partial charge in [0.1, 0.15) is 15.9 Å². The van der Waals surface area contributed by atoms with Gasteiger partial charge in [-0.05, 0) is 12.5 Å². The molecule has 0 saturated carbocycles. The van der Waals surface area contributed by atoms with Gasteiger partial charge in [-0.2, -0.15) is 10.4 Å². The van der Waals surface area contributed by atoms with Crippen molar-refractivity contribution in [2.75, 3.05) is 5.73 Å². The van der Waals surface area contributed by atoms with Gasteiger partial charge in [-0.1, -0.05) is 0 Å². The minimum absolute atomic E-state index is 0.135. The van der Waals surface area contributed by atoms with Gasteiger partial charge < -0.3 is 10.8 Å². The number of hydrazone groups is 1. The highest BCUT2D eigenvalue weighted by molar-refractivity contribution is 7.18. The van der Waals surface area contributed by atoms with Gasteiger partial charge in [-0.25, -0.2) is 5.43 Å². The lowest BCUT2D eigenvalue weighted by molar-refractivity contribution is -0.394. The highest BCUT2D eigenvalue weighted by atomic mass is 32.1. The van der Waals surface area contributed by atoms with Gasteiger partial charge in [-0.3, -0.25) is 25.0 Å². The van der Waals surface area contributed by atoms with Crippen LogP contribution >= 0.6 is 11.3 Å². The SMILES string of the molecule is Cc1c(C(=O)NN=Cc2cc([N+](=O)[O-])cc([N+](=O)[O-])c2O)sc(N)c1C#N.